The molecule has 0 bridgehead atoms. The highest BCUT2D eigenvalue weighted by molar-refractivity contribution is 6.01. The lowest BCUT2D eigenvalue weighted by atomic mass is 10.1. The Morgan fingerprint density at radius 1 is 1.31 bits per heavy atom. The number of hydrogen-bond acceptors (Lipinski definition) is 3. The number of oxime groups is 1. The molecule has 3 nitrogen and oxygen atoms in total. The maximum absolute atomic E-state index is 8.62. The van der Waals surface area contributed by atoms with Gasteiger partial charge in [-0.1, -0.05) is 23.4 Å². The lowest BCUT2D eigenvalue weighted by molar-refractivity contribution is 0.319. The maximum atomic E-state index is 8.62. The van der Waals surface area contributed by atoms with Crippen LogP contribution < -0.4 is 4.74 Å². The lowest BCUT2D eigenvalue weighted by Crippen LogP contribution is -1.93. The Balaban J connectivity index is 2.82. The van der Waals surface area contributed by atoms with Crippen LogP contribution in [0.25, 0.3) is 6.08 Å². The van der Waals surface area contributed by atoms with Gasteiger partial charge in [0.1, 0.15) is 5.75 Å². The quantitative estimate of drug-likeness (QED) is 0.479. The fraction of sp³-hybridized carbons (Fsp3) is 0.308. The zero-order valence-electron chi connectivity index (χ0n) is 9.90. The molecule has 1 rings (SSSR count). The van der Waals surface area contributed by atoms with Gasteiger partial charge in [0, 0.05) is 0 Å². The number of ether oxygens (including phenoxy) is 1. The van der Waals surface area contributed by atoms with Crippen molar-refractivity contribution in [1.82, 2.24) is 0 Å². The van der Waals surface area contributed by atoms with E-state index in [1.165, 1.54) is 0 Å². The van der Waals surface area contributed by atoms with E-state index in [1.807, 2.05) is 44.2 Å². The summed E-state index contributed by atoms with van der Waals surface area (Å²) in [6.45, 7) is 6.30. The smallest absolute Gasteiger partial charge is 0.119 e. The molecule has 0 aliphatic carbocycles. The van der Waals surface area contributed by atoms with Crippen molar-refractivity contribution in [2.75, 3.05) is 6.61 Å². The van der Waals surface area contributed by atoms with E-state index in [-0.39, 0.29) is 0 Å². The molecule has 3 heteroatoms. The molecule has 0 saturated carbocycles. The minimum Gasteiger partial charge on any atom is -0.494 e. The molecule has 0 heterocycles. The topological polar surface area (TPSA) is 41.8 Å². The van der Waals surface area contributed by atoms with Crippen LogP contribution in [0.15, 0.2) is 35.0 Å². The Hall–Kier alpha value is -1.77. The Labute approximate surface area is 96.1 Å². The average molecular weight is 219 g/mol. The summed E-state index contributed by atoms with van der Waals surface area (Å²) in [4.78, 5) is 0. The van der Waals surface area contributed by atoms with E-state index in [1.54, 1.807) is 6.92 Å². The molecule has 0 spiro atoms. The van der Waals surface area contributed by atoms with Gasteiger partial charge in [-0.25, -0.2) is 0 Å². The van der Waals surface area contributed by atoms with Gasteiger partial charge in [-0.3, -0.25) is 0 Å². The molecule has 0 aromatic heterocycles. The standard InChI is InChI=1S/C13H17NO2/c1-4-16-13-7-5-12(6-8-13)9-10(2)11(3)14-15/h5-9,15H,4H2,1-3H3/b10-9-,14-11+. The number of allylic oxidation sites excluding steroid dienone is 1. The summed E-state index contributed by atoms with van der Waals surface area (Å²) in [6, 6.07) is 7.79. The summed E-state index contributed by atoms with van der Waals surface area (Å²) in [5, 5.41) is 11.8. The first kappa shape index (κ1) is 12.3. The SMILES string of the molecule is CCOc1ccc(/C=C(C)\C(C)=N\O)cc1. The van der Waals surface area contributed by atoms with Gasteiger partial charge in [0.15, 0.2) is 0 Å². The molecular formula is C13H17NO2. The predicted octanol–water partition coefficient (Wildman–Crippen LogP) is 3.34. The van der Waals surface area contributed by atoms with Crippen LogP contribution in [0.1, 0.15) is 26.3 Å². The van der Waals surface area contributed by atoms with Crippen LogP contribution >= 0.6 is 0 Å². The molecule has 1 aromatic rings. The normalized spacial score (nSPS) is 12.7. The van der Waals surface area contributed by atoms with Crippen LogP contribution in [0.3, 0.4) is 0 Å². The van der Waals surface area contributed by atoms with Gasteiger partial charge in [-0.15, -0.1) is 0 Å². The lowest BCUT2D eigenvalue weighted by Gasteiger charge is -2.03. The van der Waals surface area contributed by atoms with Gasteiger partial charge in [0.05, 0.1) is 12.3 Å². The molecule has 0 radical (unpaired) electrons. The predicted molar refractivity (Wildman–Crippen MR) is 66.2 cm³/mol. The van der Waals surface area contributed by atoms with E-state index in [4.69, 9.17) is 9.94 Å². The summed E-state index contributed by atoms with van der Waals surface area (Å²) in [7, 11) is 0. The van der Waals surface area contributed by atoms with E-state index in [2.05, 4.69) is 5.16 Å². The Kier molecular flexibility index (Phi) is 4.58. The number of hydrogen-bond donors (Lipinski definition) is 1. The third-order valence-corrected chi connectivity index (χ3v) is 2.29. The summed E-state index contributed by atoms with van der Waals surface area (Å²) < 4.78 is 5.35. The summed E-state index contributed by atoms with van der Waals surface area (Å²) >= 11 is 0. The van der Waals surface area contributed by atoms with Crippen molar-refractivity contribution < 1.29 is 9.94 Å². The van der Waals surface area contributed by atoms with Crippen molar-refractivity contribution in [1.29, 1.82) is 0 Å². The summed E-state index contributed by atoms with van der Waals surface area (Å²) in [6.07, 6.45) is 1.96. The summed E-state index contributed by atoms with van der Waals surface area (Å²) in [5.41, 5.74) is 2.62. The van der Waals surface area contributed by atoms with Crippen molar-refractivity contribution >= 4 is 11.8 Å². The minimum absolute atomic E-state index is 0.619. The molecule has 0 aliphatic heterocycles. The first-order valence-electron chi connectivity index (χ1n) is 5.27. The van der Waals surface area contributed by atoms with Gasteiger partial charge in [0.2, 0.25) is 0 Å². The van der Waals surface area contributed by atoms with E-state index >= 15 is 0 Å². The van der Waals surface area contributed by atoms with Crippen LogP contribution in [-0.4, -0.2) is 17.5 Å². The highest BCUT2D eigenvalue weighted by Gasteiger charge is 1.96. The minimum atomic E-state index is 0.619. The second-order valence-electron chi connectivity index (χ2n) is 3.51. The van der Waals surface area contributed by atoms with E-state index in [0.717, 1.165) is 16.9 Å². The van der Waals surface area contributed by atoms with Gasteiger partial charge in [-0.2, -0.15) is 0 Å². The van der Waals surface area contributed by atoms with E-state index in [0.29, 0.717) is 12.3 Å². The van der Waals surface area contributed by atoms with E-state index < -0.39 is 0 Å². The molecule has 1 N–H and O–H groups in total. The van der Waals surface area contributed by atoms with Gasteiger partial charge >= 0.3 is 0 Å². The Morgan fingerprint density at radius 3 is 2.44 bits per heavy atom. The zero-order valence-corrected chi connectivity index (χ0v) is 9.90. The van der Waals surface area contributed by atoms with Gasteiger partial charge in [0.25, 0.3) is 0 Å². The molecule has 86 valence electrons. The summed E-state index contributed by atoms with van der Waals surface area (Å²) in [5.74, 6) is 0.866. The van der Waals surface area contributed by atoms with Crippen LogP contribution in [0.2, 0.25) is 0 Å². The van der Waals surface area contributed by atoms with Crippen LogP contribution in [-0.2, 0) is 0 Å². The van der Waals surface area contributed by atoms with Crippen molar-refractivity contribution in [3.63, 3.8) is 0 Å². The third kappa shape index (κ3) is 3.42. The van der Waals surface area contributed by atoms with Gasteiger partial charge in [-0.05, 0) is 44.0 Å². The van der Waals surface area contributed by atoms with Crippen molar-refractivity contribution in [2.45, 2.75) is 20.8 Å². The molecule has 0 unspecified atom stereocenters. The molecule has 0 aliphatic rings. The zero-order chi connectivity index (χ0) is 12.0. The monoisotopic (exact) mass is 219 g/mol. The maximum Gasteiger partial charge on any atom is 0.119 e. The first-order chi connectivity index (χ1) is 7.67. The van der Waals surface area contributed by atoms with Crippen molar-refractivity contribution in [3.8, 4) is 5.75 Å². The molecule has 0 atom stereocenters. The van der Waals surface area contributed by atoms with Crippen molar-refractivity contribution in [2.24, 2.45) is 5.16 Å². The van der Waals surface area contributed by atoms with Crippen molar-refractivity contribution in [3.05, 3.63) is 35.4 Å². The molecule has 16 heavy (non-hydrogen) atoms. The fourth-order valence-corrected chi connectivity index (χ4v) is 1.26. The highest BCUT2D eigenvalue weighted by Crippen LogP contribution is 2.14. The number of rotatable bonds is 4. The van der Waals surface area contributed by atoms with Crippen LogP contribution in [0.4, 0.5) is 0 Å². The van der Waals surface area contributed by atoms with Crippen LogP contribution in [0.5, 0.6) is 5.75 Å². The Morgan fingerprint density at radius 2 is 1.94 bits per heavy atom. The number of nitrogens with zero attached hydrogens (tertiary/aromatic N) is 1. The molecule has 0 saturated heterocycles. The highest BCUT2D eigenvalue weighted by atomic mass is 16.5. The average Bonchev–Trinajstić information content (AvgIpc) is 2.31. The number of benzene rings is 1. The van der Waals surface area contributed by atoms with Crippen LogP contribution in [0, 0.1) is 0 Å². The van der Waals surface area contributed by atoms with E-state index in [9.17, 15) is 0 Å². The molecule has 0 amide bonds. The van der Waals surface area contributed by atoms with Gasteiger partial charge < -0.3 is 9.94 Å². The third-order valence-electron chi connectivity index (χ3n) is 2.29. The second kappa shape index (κ2) is 5.95. The molecular weight excluding hydrogens is 202 g/mol. The first-order valence-corrected chi connectivity index (χ1v) is 5.27. The Bertz CT molecular complexity index is 391. The second-order valence-corrected chi connectivity index (χ2v) is 3.51. The largest absolute Gasteiger partial charge is 0.494 e. The molecule has 1 aromatic carbocycles. The fourth-order valence-electron chi connectivity index (χ4n) is 1.26. The molecule has 0 fully saturated rings.